The summed E-state index contributed by atoms with van der Waals surface area (Å²) >= 11 is 1.76. The molecule has 1 unspecified atom stereocenters. The third-order valence-corrected chi connectivity index (χ3v) is 4.56. The van der Waals surface area contributed by atoms with Gasteiger partial charge >= 0.3 is 0 Å². The first-order valence-corrected chi connectivity index (χ1v) is 9.02. The molecule has 1 atom stereocenters. The van der Waals surface area contributed by atoms with Crippen LogP contribution < -0.4 is 5.73 Å². The van der Waals surface area contributed by atoms with Crippen molar-refractivity contribution in [3.05, 3.63) is 16.1 Å². The zero-order valence-corrected chi connectivity index (χ0v) is 14.6. The standard InChI is InChI=1S/C17H32N2S/c1-5-6-7-8-9-10-11-14(18)12-16-19-15(13-20-16)17(2,3)4/h13-14H,5-12,18H2,1-4H3. The second-order valence-corrected chi connectivity index (χ2v) is 7.84. The van der Waals surface area contributed by atoms with Gasteiger partial charge in [-0.1, -0.05) is 66.2 Å². The summed E-state index contributed by atoms with van der Waals surface area (Å²) in [6.07, 6.45) is 10.1. The fourth-order valence-corrected chi connectivity index (χ4v) is 3.38. The molecule has 0 saturated carbocycles. The van der Waals surface area contributed by atoms with Crippen molar-refractivity contribution in [2.24, 2.45) is 5.73 Å². The first-order valence-electron chi connectivity index (χ1n) is 8.14. The van der Waals surface area contributed by atoms with E-state index in [9.17, 15) is 0 Å². The number of nitrogens with zero attached hydrogens (tertiary/aromatic N) is 1. The van der Waals surface area contributed by atoms with Gasteiger partial charge in [-0.25, -0.2) is 4.98 Å². The van der Waals surface area contributed by atoms with Crippen molar-refractivity contribution >= 4 is 11.3 Å². The maximum absolute atomic E-state index is 6.23. The van der Waals surface area contributed by atoms with Gasteiger partial charge in [0.25, 0.3) is 0 Å². The van der Waals surface area contributed by atoms with E-state index < -0.39 is 0 Å². The van der Waals surface area contributed by atoms with Gasteiger partial charge in [0.2, 0.25) is 0 Å². The quantitative estimate of drug-likeness (QED) is 0.647. The minimum Gasteiger partial charge on any atom is -0.327 e. The summed E-state index contributed by atoms with van der Waals surface area (Å²) in [6.45, 7) is 8.89. The van der Waals surface area contributed by atoms with E-state index >= 15 is 0 Å². The zero-order valence-electron chi connectivity index (χ0n) is 13.7. The average Bonchev–Trinajstić information content (AvgIpc) is 2.82. The van der Waals surface area contributed by atoms with Gasteiger partial charge in [-0.15, -0.1) is 11.3 Å². The van der Waals surface area contributed by atoms with Crippen LogP contribution in [0.1, 0.15) is 83.3 Å². The fraction of sp³-hybridized carbons (Fsp3) is 0.824. The Morgan fingerprint density at radius 3 is 2.40 bits per heavy atom. The van der Waals surface area contributed by atoms with E-state index in [0.717, 1.165) is 12.8 Å². The summed E-state index contributed by atoms with van der Waals surface area (Å²) in [6, 6.07) is 0.278. The van der Waals surface area contributed by atoms with Gasteiger partial charge in [0, 0.05) is 23.3 Å². The van der Waals surface area contributed by atoms with E-state index in [2.05, 4.69) is 33.1 Å². The van der Waals surface area contributed by atoms with Crippen molar-refractivity contribution < 1.29 is 0 Å². The smallest absolute Gasteiger partial charge is 0.0943 e. The van der Waals surface area contributed by atoms with E-state index in [1.807, 2.05) is 0 Å². The Bertz CT molecular complexity index is 365. The van der Waals surface area contributed by atoms with Gasteiger partial charge in [0.05, 0.1) is 10.7 Å². The second kappa shape index (κ2) is 8.78. The third-order valence-electron chi connectivity index (χ3n) is 3.69. The number of nitrogens with two attached hydrogens (primary N) is 1. The van der Waals surface area contributed by atoms with Crippen molar-refractivity contribution in [1.82, 2.24) is 4.98 Å². The van der Waals surface area contributed by atoms with Gasteiger partial charge in [0.1, 0.15) is 0 Å². The van der Waals surface area contributed by atoms with E-state index in [-0.39, 0.29) is 11.5 Å². The molecule has 2 N–H and O–H groups in total. The van der Waals surface area contributed by atoms with Gasteiger partial charge in [-0.3, -0.25) is 0 Å². The molecule has 0 fully saturated rings. The van der Waals surface area contributed by atoms with Crippen molar-refractivity contribution in [1.29, 1.82) is 0 Å². The van der Waals surface area contributed by atoms with Crippen LogP contribution in [-0.4, -0.2) is 11.0 Å². The number of unbranched alkanes of at least 4 members (excludes halogenated alkanes) is 5. The normalized spacial score (nSPS) is 13.7. The highest BCUT2D eigenvalue weighted by molar-refractivity contribution is 7.09. The molecule has 3 heteroatoms. The highest BCUT2D eigenvalue weighted by Gasteiger charge is 2.18. The Labute approximate surface area is 129 Å². The molecule has 0 aromatic carbocycles. The number of hydrogen-bond donors (Lipinski definition) is 1. The van der Waals surface area contributed by atoms with Crippen LogP contribution in [0.25, 0.3) is 0 Å². The fourth-order valence-electron chi connectivity index (χ4n) is 2.26. The molecular weight excluding hydrogens is 264 g/mol. The summed E-state index contributed by atoms with van der Waals surface area (Å²) in [5, 5.41) is 3.39. The largest absolute Gasteiger partial charge is 0.327 e. The Kier molecular flexibility index (Phi) is 7.75. The SMILES string of the molecule is CCCCCCCCC(N)Cc1nc(C(C)(C)C)cs1. The monoisotopic (exact) mass is 296 g/mol. The van der Waals surface area contributed by atoms with Crippen LogP contribution in [0.5, 0.6) is 0 Å². The molecular formula is C17H32N2S. The molecule has 0 bridgehead atoms. The van der Waals surface area contributed by atoms with Crippen LogP contribution in [0.15, 0.2) is 5.38 Å². The van der Waals surface area contributed by atoms with Crippen LogP contribution in [0.2, 0.25) is 0 Å². The summed E-state index contributed by atoms with van der Waals surface area (Å²) in [7, 11) is 0. The Morgan fingerprint density at radius 2 is 1.80 bits per heavy atom. The summed E-state index contributed by atoms with van der Waals surface area (Å²) in [5.41, 5.74) is 7.58. The van der Waals surface area contributed by atoms with E-state index in [1.165, 1.54) is 49.2 Å². The molecule has 1 aromatic heterocycles. The van der Waals surface area contributed by atoms with Crippen molar-refractivity contribution in [3.8, 4) is 0 Å². The molecule has 116 valence electrons. The number of hydrogen-bond acceptors (Lipinski definition) is 3. The van der Waals surface area contributed by atoms with Gasteiger partial charge in [-0.2, -0.15) is 0 Å². The highest BCUT2D eigenvalue weighted by atomic mass is 32.1. The average molecular weight is 297 g/mol. The van der Waals surface area contributed by atoms with E-state index in [4.69, 9.17) is 10.7 Å². The van der Waals surface area contributed by atoms with Crippen molar-refractivity contribution in [2.75, 3.05) is 0 Å². The summed E-state index contributed by atoms with van der Waals surface area (Å²) in [4.78, 5) is 4.73. The zero-order chi connectivity index (χ0) is 15.0. The number of thiazole rings is 1. The molecule has 1 aromatic rings. The molecule has 0 aliphatic carbocycles. The van der Waals surface area contributed by atoms with Crippen LogP contribution in [0.4, 0.5) is 0 Å². The minimum atomic E-state index is 0.151. The molecule has 20 heavy (non-hydrogen) atoms. The predicted octanol–water partition coefficient (Wildman–Crippen LogP) is 5.06. The Balaban J connectivity index is 2.22. The van der Waals surface area contributed by atoms with Crippen LogP contribution in [0, 0.1) is 0 Å². The van der Waals surface area contributed by atoms with E-state index in [1.54, 1.807) is 11.3 Å². The maximum Gasteiger partial charge on any atom is 0.0943 e. The Hall–Kier alpha value is -0.410. The second-order valence-electron chi connectivity index (χ2n) is 6.90. The third kappa shape index (κ3) is 6.85. The number of rotatable bonds is 9. The lowest BCUT2D eigenvalue weighted by Gasteiger charge is -2.14. The molecule has 1 heterocycles. The molecule has 0 amide bonds. The summed E-state index contributed by atoms with van der Waals surface area (Å²) < 4.78 is 0. The van der Waals surface area contributed by atoms with Crippen molar-refractivity contribution in [3.63, 3.8) is 0 Å². The van der Waals surface area contributed by atoms with Gasteiger partial charge in [0.15, 0.2) is 0 Å². The molecule has 0 radical (unpaired) electrons. The first-order chi connectivity index (χ1) is 9.43. The predicted molar refractivity (Wildman–Crippen MR) is 90.5 cm³/mol. The van der Waals surface area contributed by atoms with E-state index in [0.29, 0.717) is 0 Å². The molecule has 0 saturated heterocycles. The maximum atomic E-state index is 6.23. The van der Waals surface area contributed by atoms with Crippen molar-refractivity contribution in [2.45, 2.75) is 90.5 Å². The first kappa shape index (κ1) is 17.6. The van der Waals surface area contributed by atoms with Crippen LogP contribution in [-0.2, 0) is 11.8 Å². The molecule has 0 spiro atoms. The lowest BCUT2D eigenvalue weighted by atomic mass is 9.93. The number of aromatic nitrogens is 1. The highest BCUT2D eigenvalue weighted by Crippen LogP contribution is 2.24. The van der Waals surface area contributed by atoms with Gasteiger partial charge in [-0.05, 0) is 6.42 Å². The lowest BCUT2D eigenvalue weighted by molar-refractivity contribution is 0.528. The van der Waals surface area contributed by atoms with Crippen LogP contribution >= 0.6 is 11.3 Å². The minimum absolute atomic E-state index is 0.151. The Morgan fingerprint density at radius 1 is 1.15 bits per heavy atom. The van der Waals surface area contributed by atoms with Crippen LogP contribution in [0.3, 0.4) is 0 Å². The topological polar surface area (TPSA) is 38.9 Å². The molecule has 1 rings (SSSR count). The summed E-state index contributed by atoms with van der Waals surface area (Å²) in [5.74, 6) is 0. The molecule has 0 aliphatic rings. The molecule has 0 aliphatic heterocycles. The lowest BCUT2D eigenvalue weighted by Crippen LogP contribution is -2.22. The van der Waals surface area contributed by atoms with Gasteiger partial charge < -0.3 is 5.73 Å². The molecule has 2 nitrogen and oxygen atoms in total.